The fourth-order valence-corrected chi connectivity index (χ4v) is 3.61. The van der Waals surface area contributed by atoms with Gasteiger partial charge in [-0.3, -0.25) is 5.32 Å². The van der Waals surface area contributed by atoms with Gasteiger partial charge < -0.3 is 5.32 Å². The van der Waals surface area contributed by atoms with Crippen molar-refractivity contribution in [3.63, 3.8) is 0 Å². The van der Waals surface area contributed by atoms with Crippen molar-refractivity contribution < 1.29 is 4.79 Å². The summed E-state index contributed by atoms with van der Waals surface area (Å²) in [6.45, 7) is 0. The molecule has 0 atom stereocenters. The van der Waals surface area contributed by atoms with Crippen LogP contribution >= 0.6 is 22.9 Å². The van der Waals surface area contributed by atoms with Gasteiger partial charge in [-0.15, -0.1) is 0 Å². The number of anilines is 2. The van der Waals surface area contributed by atoms with E-state index in [2.05, 4.69) is 21.7 Å². The summed E-state index contributed by atoms with van der Waals surface area (Å²) in [7, 11) is 0. The van der Waals surface area contributed by atoms with Crippen LogP contribution < -0.4 is 10.6 Å². The number of carbonyl (C=O) groups is 1. The van der Waals surface area contributed by atoms with Gasteiger partial charge in [0.1, 0.15) is 0 Å². The summed E-state index contributed by atoms with van der Waals surface area (Å²) < 4.78 is 1.03. The molecule has 0 aliphatic carbocycles. The second-order valence-electron chi connectivity index (χ2n) is 5.24. The standard InChI is InChI=1S/C18H12ClN3OS/c19-12-5-3-6-13(10-12)20-17(23)22-18-21-16-14-7-2-1-4-11(14)8-9-15(16)24-18/h1-10H,(H2,20,21,22,23). The fourth-order valence-electron chi connectivity index (χ4n) is 2.54. The van der Waals surface area contributed by atoms with Gasteiger partial charge in [0, 0.05) is 16.1 Å². The molecule has 4 aromatic rings. The first-order valence-electron chi connectivity index (χ1n) is 7.31. The Kier molecular flexibility index (Phi) is 3.80. The lowest BCUT2D eigenvalue weighted by atomic mass is 10.1. The molecule has 1 aromatic heterocycles. The molecule has 0 spiro atoms. The van der Waals surface area contributed by atoms with Gasteiger partial charge in [0.25, 0.3) is 0 Å². The highest BCUT2D eigenvalue weighted by Crippen LogP contribution is 2.31. The van der Waals surface area contributed by atoms with E-state index in [1.807, 2.05) is 30.3 Å². The fraction of sp³-hybridized carbons (Fsp3) is 0. The second kappa shape index (κ2) is 6.11. The lowest BCUT2D eigenvalue weighted by Gasteiger charge is -2.05. The Hall–Kier alpha value is -2.63. The zero-order valence-corrected chi connectivity index (χ0v) is 14.0. The number of hydrogen-bond donors (Lipinski definition) is 2. The predicted molar refractivity (Wildman–Crippen MR) is 101 cm³/mol. The predicted octanol–water partition coefficient (Wildman–Crippen LogP) is 5.75. The summed E-state index contributed by atoms with van der Waals surface area (Å²) in [4.78, 5) is 16.7. The molecule has 4 rings (SSSR count). The van der Waals surface area contributed by atoms with Gasteiger partial charge in [0.15, 0.2) is 5.13 Å². The normalized spacial score (nSPS) is 10.9. The molecule has 0 bridgehead atoms. The molecule has 118 valence electrons. The van der Waals surface area contributed by atoms with E-state index >= 15 is 0 Å². The number of aromatic nitrogens is 1. The highest BCUT2D eigenvalue weighted by atomic mass is 35.5. The zero-order valence-electron chi connectivity index (χ0n) is 12.4. The van der Waals surface area contributed by atoms with E-state index in [1.165, 1.54) is 11.3 Å². The molecule has 0 unspecified atom stereocenters. The van der Waals surface area contributed by atoms with Crippen molar-refractivity contribution in [2.24, 2.45) is 0 Å². The molecular weight excluding hydrogens is 342 g/mol. The Morgan fingerprint density at radius 3 is 2.75 bits per heavy atom. The average molecular weight is 354 g/mol. The number of rotatable bonds is 2. The van der Waals surface area contributed by atoms with Crippen LogP contribution in [0.4, 0.5) is 15.6 Å². The van der Waals surface area contributed by atoms with Crippen LogP contribution in [-0.2, 0) is 0 Å². The molecule has 24 heavy (non-hydrogen) atoms. The summed E-state index contributed by atoms with van der Waals surface area (Å²) in [5.41, 5.74) is 1.53. The van der Waals surface area contributed by atoms with E-state index in [4.69, 9.17) is 11.6 Å². The first kappa shape index (κ1) is 14.9. The summed E-state index contributed by atoms with van der Waals surface area (Å²) in [5, 5.41) is 8.86. The van der Waals surface area contributed by atoms with Crippen LogP contribution in [0.1, 0.15) is 0 Å². The van der Waals surface area contributed by atoms with Crippen molar-refractivity contribution in [3.8, 4) is 0 Å². The second-order valence-corrected chi connectivity index (χ2v) is 6.71. The van der Waals surface area contributed by atoms with Gasteiger partial charge in [-0.05, 0) is 29.7 Å². The minimum Gasteiger partial charge on any atom is -0.308 e. The van der Waals surface area contributed by atoms with Gasteiger partial charge in [-0.2, -0.15) is 0 Å². The maximum atomic E-state index is 12.1. The van der Waals surface area contributed by atoms with Gasteiger partial charge >= 0.3 is 6.03 Å². The molecule has 0 aliphatic heterocycles. The van der Waals surface area contributed by atoms with E-state index in [9.17, 15) is 4.79 Å². The highest BCUT2D eigenvalue weighted by Gasteiger charge is 2.10. The van der Waals surface area contributed by atoms with Crippen molar-refractivity contribution >= 4 is 60.8 Å². The average Bonchev–Trinajstić information content (AvgIpc) is 2.97. The molecule has 4 nitrogen and oxygen atoms in total. The van der Waals surface area contributed by atoms with Crippen LogP contribution in [0.3, 0.4) is 0 Å². The van der Waals surface area contributed by atoms with Gasteiger partial charge in [0.05, 0.1) is 10.2 Å². The summed E-state index contributed by atoms with van der Waals surface area (Å²) in [6.07, 6.45) is 0. The monoisotopic (exact) mass is 353 g/mol. The number of carbonyl (C=O) groups excluding carboxylic acids is 1. The zero-order chi connectivity index (χ0) is 16.5. The first-order chi connectivity index (χ1) is 11.7. The van der Waals surface area contributed by atoms with E-state index in [0.717, 1.165) is 21.0 Å². The molecule has 6 heteroatoms. The number of fused-ring (bicyclic) bond motifs is 3. The molecule has 3 aromatic carbocycles. The molecule has 2 N–H and O–H groups in total. The maximum absolute atomic E-state index is 12.1. The SMILES string of the molecule is O=C(Nc1cccc(Cl)c1)Nc1nc2c(ccc3ccccc32)s1. The molecule has 0 fully saturated rings. The third-order valence-electron chi connectivity index (χ3n) is 3.59. The van der Waals surface area contributed by atoms with E-state index in [-0.39, 0.29) is 6.03 Å². The molecule has 2 amide bonds. The first-order valence-corrected chi connectivity index (χ1v) is 8.50. The Bertz CT molecular complexity index is 1060. The molecule has 0 saturated heterocycles. The van der Waals surface area contributed by atoms with Gasteiger partial charge in [0.2, 0.25) is 0 Å². The summed E-state index contributed by atoms with van der Waals surface area (Å²) in [5.74, 6) is 0. The van der Waals surface area contributed by atoms with Crippen LogP contribution in [0.25, 0.3) is 21.0 Å². The number of amides is 2. The van der Waals surface area contributed by atoms with Crippen LogP contribution in [0.5, 0.6) is 0 Å². The van der Waals surface area contributed by atoms with Crippen LogP contribution in [-0.4, -0.2) is 11.0 Å². The summed E-state index contributed by atoms with van der Waals surface area (Å²) in [6, 6.07) is 18.8. The van der Waals surface area contributed by atoms with Gasteiger partial charge in [-0.1, -0.05) is 59.3 Å². The summed E-state index contributed by atoms with van der Waals surface area (Å²) >= 11 is 7.36. The number of benzene rings is 3. The van der Waals surface area contributed by atoms with Crippen molar-refractivity contribution in [2.75, 3.05) is 10.6 Å². The Labute approximate surface area is 147 Å². The minimum atomic E-state index is -0.347. The molecule has 0 radical (unpaired) electrons. The van der Waals surface area contributed by atoms with Crippen LogP contribution in [0.15, 0.2) is 60.7 Å². The smallest absolute Gasteiger partial charge is 0.308 e. The minimum absolute atomic E-state index is 0.347. The van der Waals surface area contributed by atoms with Crippen molar-refractivity contribution in [1.82, 2.24) is 4.98 Å². The maximum Gasteiger partial charge on any atom is 0.325 e. The number of halogens is 1. The molecule has 0 saturated carbocycles. The number of nitrogens with zero attached hydrogens (tertiary/aromatic N) is 1. The Morgan fingerprint density at radius 1 is 1.00 bits per heavy atom. The Balaban J connectivity index is 1.60. The number of nitrogens with one attached hydrogen (secondary N) is 2. The number of thiazole rings is 1. The molecule has 1 heterocycles. The van der Waals surface area contributed by atoms with Crippen molar-refractivity contribution in [1.29, 1.82) is 0 Å². The quantitative estimate of drug-likeness (QED) is 0.482. The van der Waals surface area contributed by atoms with E-state index < -0.39 is 0 Å². The van der Waals surface area contributed by atoms with E-state index in [0.29, 0.717) is 15.8 Å². The van der Waals surface area contributed by atoms with Crippen molar-refractivity contribution in [3.05, 3.63) is 65.7 Å². The largest absolute Gasteiger partial charge is 0.325 e. The lowest BCUT2D eigenvalue weighted by Crippen LogP contribution is -2.19. The van der Waals surface area contributed by atoms with E-state index in [1.54, 1.807) is 24.3 Å². The third kappa shape index (κ3) is 2.91. The molecular formula is C18H12ClN3OS. The topological polar surface area (TPSA) is 54.0 Å². The van der Waals surface area contributed by atoms with Gasteiger partial charge in [-0.25, -0.2) is 9.78 Å². The highest BCUT2D eigenvalue weighted by molar-refractivity contribution is 7.22. The van der Waals surface area contributed by atoms with Crippen LogP contribution in [0, 0.1) is 0 Å². The number of urea groups is 1. The Morgan fingerprint density at radius 2 is 1.88 bits per heavy atom. The molecule has 0 aliphatic rings. The lowest BCUT2D eigenvalue weighted by molar-refractivity contribution is 0.262. The third-order valence-corrected chi connectivity index (χ3v) is 4.76. The van der Waals surface area contributed by atoms with Crippen LogP contribution in [0.2, 0.25) is 5.02 Å². The number of hydrogen-bond acceptors (Lipinski definition) is 3. The van der Waals surface area contributed by atoms with Crippen molar-refractivity contribution in [2.45, 2.75) is 0 Å².